The predicted molar refractivity (Wildman–Crippen MR) is 73.2 cm³/mol. The zero-order chi connectivity index (χ0) is 13.8. The molecule has 3 N–H and O–H groups in total. The SMILES string of the molecule is CC(C)(N)C(C)(C)C(=O)NCCCOCC1CC1. The van der Waals surface area contributed by atoms with Gasteiger partial charge >= 0.3 is 0 Å². The van der Waals surface area contributed by atoms with E-state index in [-0.39, 0.29) is 5.91 Å². The molecule has 1 aliphatic rings. The smallest absolute Gasteiger partial charge is 0.227 e. The number of nitrogens with two attached hydrogens (primary N) is 1. The van der Waals surface area contributed by atoms with Gasteiger partial charge in [0.15, 0.2) is 0 Å². The van der Waals surface area contributed by atoms with Crippen LogP contribution < -0.4 is 11.1 Å². The third-order valence-electron chi connectivity index (χ3n) is 3.98. The third-order valence-corrected chi connectivity index (χ3v) is 3.98. The second kappa shape index (κ2) is 6.02. The molecule has 1 fully saturated rings. The Balaban J connectivity index is 2.11. The summed E-state index contributed by atoms with van der Waals surface area (Å²) in [6.45, 7) is 9.79. The van der Waals surface area contributed by atoms with Crippen LogP contribution in [-0.2, 0) is 9.53 Å². The average Bonchev–Trinajstić information content (AvgIpc) is 3.04. The van der Waals surface area contributed by atoms with Crippen LogP contribution in [0.1, 0.15) is 47.0 Å². The zero-order valence-electron chi connectivity index (χ0n) is 12.2. The van der Waals surface area contributed by atoms with Crippen molar-refractivity contribution in [3.63, 3.8) is 0 Å². The van der Waals surface area contributed by atoms with E-state index >= 15 is 0 Å². The largest absolute Gasteiger partial charge is 0.381 e. The molecule has 0 heterocycles. The molecular formula is C14H28N2O2. The molecule has 4 nitrogen and oxygen atoms in total. The Labute approximate surface area is 111 Å². The van der Waals surface area contributed by atoms with Crippen LogP contribution >= 0.6 is 0 Å². The molecule has 0 aromatic rings. The Kier molecular flexibility index (Phi) is 5.17. The van der Waals surface area contributed by atoms with E-state index in [4.69, 9.17) is 10.5 Å². The van der Waals surface area contributed by atoms with Crippen LogP contribution in [0.15, 0.2) is 0 Å². The molecule has 0 atom stereocenters. The van der Waals surface area contributed by atoms with Gasteiger partial charge in [-0.2, -0.15) is 0 Å². The maximum atomic E-state index is 12.0. The minimum absolute atomic E-state index is 0.0113. The topological polar surface area (TPSA) is 64.4 Å². The molecule has 0 unspecified atom stereocenters. The molecule has 0 saturated heterocycles. The summed E-state index contributed by atoms with van der Waals surface area (Å²) in [6, 6.07) is 0. The Hall–Kier alpha value is -0.610. The third kappa shape index (κ3) is 4.58. The van der Waals surface area contributed by atoms with E-state index in [0.717, 1.165) is 25.6 Å². The molecule has 1 amide bonds. The van der Waals surface area contributed by atoms with Gasteiger partial charge in [0.1, 0.15) is 0 Å². The lowest BCUT2D eigenvalue weighted by atomic mass is 9.74. The van der Waals surface area contributed by atoms with Crippen LogP contribution in [0.2, 0.25) is 0 Å². The molecule has 0 aliphatic heterocycles. The van der Waals surface area contributed by atoms with E-state index in [2.05, 4.69) is 5.32 Å². The first-order valence-electron chi connectivity index (χ1n) is 6.90. The van der Waals surface area contributed by atoms with Crippen LogP contribution in [0.25, 0.3) is 0 Å². The van der Waals surface area contributed by atoms with Crippen LogP contribution in [0, 0.1) is 11.3 Å². The van der Waals surface area contributed by atoms with Gasteiger partial charge in [0, 0.05) is 25.3 Å². The van der Waals surface area contributed by atoms with Crippen LogP contribution in [0.5, 0.6) is 0 Å². The highest BCUT2D eigenvalue weighted by molar-refractivity contribution is 5.83. The molecule has 1 aliphatic carbocycles. The quantitative estimate of drug-likeness (QED) is 0.649. The highest BCUT2D eigenvalue weighted by Gasteiger charge is 2.40. The molecule has 18 heavy (non-hydrogen) atoms. The zero-order valence-corrected chi connectivity index (χ0v) is 12.2. The van der Waals surface area contributed by atoms with Crippen LogP contribution in [0.3, 0.4) is 0 Å². The van der Waals surface area contributed by atoms with Crippen molar-refractivity contribution in [2.75, 3.05) is 19.8 Å². The molecule has 0 bridgehead atoms. The fourth-order valence-electron chi connectivity index (χ4n) is 1.42. The standard InChI is InChI=1S/C14H28N2O2/c1-13(2,14(3,4)15)12(17)16-8-5-9-18-10-11-6-7-11/h11H,5-10,15H2,1-4H3,(H,16,17). The summed E-state index contributed by atoms with van der Waals surface area (Å²) in [7, 11) is 0. The minimum atomic E-state index is -0.568. The van der Waals surface area contributed by atoms with Gasteiger partial charge in [-0.1, -0.05) is 0 Å². The van der Waals surface area contributed by atoms with Gasteiger partial charge < -0.3 is 15.8 Å². The number of rotatable bonds is 8. The second-order valence-corrected chi connectivity index (χ2v) is 6.47. The van der Waals surface area contributed by atoms with Gasteiger partial charge in [-0.25, -0.2) is 0 Å². The van der Waals surface area contributed by atoms with Crippen molar-refractivity contribution in [3.8, 4) is 0 Å². The minimum Gasteiger partial charge on any atom is -0.381 e. The first kappa shape index (κ1) is 15.4. The maximum Gasteiger partial charge on any atom is 0.227 e. The molecule has 1 rings (SSSR count). The molecule has 0 aromatic heterocycles. The summed E-state index contributed by atoms with van der Waals surface area (Å²) in [4.78, 5) is 12.0. The van der Waals surface area contributed by atoms with Crippen molar-refractivity contribution in [2.45, 2.75) is 52.5 Å². The van der Waals surface area contributed by atoms with Crippen molar-refractivity contribution in [2.24, 2.45) is 17.1 Å². The summed E-state index contributed by atoms with van der Waals surface area (Å²) < 4.78 is 5.52. The predicted octanol–water partition coefficient (Wildman–Crippen LogP) is 1.68. The number of carbonyl (C=O) groups excluding carboxylic acids is 1. The van der Waals surface area contributed by atoms with E-state index in [0.29, 0.717) is 6.54 Å². The fourth-order valence-corrected chi connectivity index (χ4v) is 1.42. The molecular weight excluding hydrogens is 228 g/mol. The summed E-state index contributed by atoms with van der Waals surface area (Å²) >= 11 is 0. The van der Waals surface area contributed by atoms with Crippen molar-refractivity contribution >= 4 is 5.91 Å². The first-order chi connectivity index (χ1) is 8.25. The second-order valence-electron chi connectivity index (χ2n) is 6.47. The van der Waals surface area contributed by atoms with E-state index < -0.39 is 11.0 Å². The van der Waals surface area contributed by atoms with Crippen molar-refractivity contribution in [3.05, 3.63) is 0 Å². The lowest BCUT2D eigenvalue weighted by Gasteiger charge is -2.36. The Morgan fingerprint density at radius 1 is 1.33 bits per heavy atom. The summed E-state index contributed by atoms with van der Waals surface area (Å²) in [5.74, 6) is 0.814. The van der Waals surface area contributed by atoms with Gasteiger partial charge in [-0.05, 0) is 52.9 Å². The molecule has 106 valence electrons. The number of hydrogen-bond acceptors (Lipinski definition) is 3. The van der Waals surface area contributed by atoms with Gasteiger partial charge in [0.25, 0.3) is 0 Å². The monoisotopic (exact) mass is 256 g/mol. The highest BCUT2D eigenvalue weighted by atomic mass is 16.5. The van der Waals surface area contributed by atoms with E-state index in [1.807, 2.05) is 27.7 Å². The van der Waals surface area contributed by atoms with Crippen molar-refractivity contribution in [1.29, 1.82) is 0 Å². The molecule has 1 saturated carbocycles. The number of ether oxygens (including phenoxy) is 1. The molecule has 4 heteroatoms. The lowest BCUT2D eigenvalue weighted by molar-refractivity contribution is -0.132. The normalized spacial score (nSPS) is 16.7. The fraction of sp³-hybridized carbons (Fsp3) is 0.929. The van der Waals surface area contributed by atoms with Gasteiger partial charge in [0.2, 0.25) is 5.91 Å². The summed E-state index contributed by atoms with van der Waals surface area (Å²) in [6.07, 6.45) is 3.49. The molecule has 0 radical (unpaired) electrons. The van der Waals surface area contributed by atoms with E-state index in [9.17, 15) is 4.79 Å². The van der Waals surface area contributed by atoms with Gasteiger partial charge in [-0.15, -0.1) is 0 Å². The molecule has 0 aromatic carbocycles. The Morgan fingerprint density at radius 2 is 1.94 bits per heavy atom. The highest BCUT2D eigenvalue weighted by Crippen LogP contribution is 2.29. The van der Waals surface area contributed by atoms with Crippen LogP contribution in [-0.4, -0.2) is 31.2 Å². The molecule has 0 spiro atoms. The van der Waals surface area contributed by atoms with Crippen LogP contribution in [0.4, 0.5) is 0 Å². The number of carbonyl (C=O) groups is 1. The number of nitrogens with one attached hydrogen (secondary N) is 1. The van der Waals surface area contributed by atoms with E-state index in [1.54, 1.807) is 0 Å². The lowest BCUT2D eigenvalue weighted by Crippen LogP contribution is -2.55. The maximum absolute atomic E-state index is 12.0. The summed E-state index contributed by atoms with van der Waals surface area (Å²) in [5, 5.41) is 2.93. The van der Waals surface area contributed by atoms with Gasteiger partial charge in [0.05, 0.1) is 5.41 Å². The van der Waals surface area contributed by atoms with E-state index in [1.165, 1.54) is 12.8 Å². The first-order valence-corrected chi connectivity index (χ1v) is 6.90. The average molecular weight is 256 g/mol. The Morgan fingerprint density at radius 3 is 2.44 bits per heavy atom. The summed E-state index contributed by atoms with van der Waals surface area (Å²) in [5.41, 5.74) is 4.92. The van der Waals surface area contributed by atoms with Crippen molar-refractivity contribution in [1.82, 2.24) is 5.32 Å². The van der Waals surface area contributed by atoms with Gasteiger partial charge in [-0.3, -0.25) is 4.79 Å². The number of hydrogen-bond donors (Lipinski definition) is 2. The Bertz CT molecular complexity index is 278. The number of amides is 1. The van der Waals surface area contributed by atoms with Crippen molar-refractivity contribution < 1.29 is 9.53 Å².